The summed E-state index contributed by atoms with van der Waals surface area (Å²) in [6, 6.07) is 2.54. The molecule has 2 heteroatoms. The Bertz CT molecular complexity index is 271. The number of nitrogens with one attached hydrogen (secondary N) is 1. The molecule has 1 aromatic heterocycles. The third kappa shape index (κ3) is 2.81. The zero-order valence-corrected chi connectivity index (χ0v) is 9.38. The summed E-state index contributed by atoms with van der Waals surface area (Å²) in [4.78, 5) is 4.18. The predicted octanol–water partition coefficient (Wildman–Crippen LogP) is 2.84. The maximum Gasteiger partial charge on any atom is 0.0335 e. The third-order valence-corrected chi connectivity index (χ3v) is 2.50. The van der Waals surface area contributed by atoms with Gasteiger partial charge in [0.2, 0.25) is 0 Å². The van der Waals surface area contributed by atoms with E-state index in [0.29, 0.717) is 6.04 Å². The van der Waals surface area contributed by atoms with Crippen LogP contribution in [0.5, 0.6) is 0 Å². The molecule has 14 heavy (non-hydrogen) atoms. The Morgan fingerprint density at radius 1 is 1.43 bits per heavy atom. The monoisotopic (exact) mass is 192 g/mol. The molecule has 1 rings (SSSR count). The van der Waals surface area contributed by atoms with E-state index < -0.39 is 0 Å². The van der Waals surface area contributed by atoms with Crippen molar-refractivity contribution in [2.75, 3.05) is 6.54 Å². The summed E-state index contributed by atoms with van der Waals surface area (Å²) in [6.07, 6.45) is 6.12. The largest absolute Gasteiger partial charge is 0.310 e. The van der Waals surface area contributed by atoms with Crippen LogP contribution in [-0.2, 0) is 0 Å². The van der Waals surface area contributed by atoms with E-state index in [1.807, 2.05) is 12.4 Å². The quantitative estimate of drug-likeness (QED) is 0.776. The van der Waals surface area contributed by atoms with Crippen molar-refractivity contribution in [3.63, 3.8) is 0 Å². The van der Waals surface area contributed by atoms with Crippen molar-refractivity contribution in [1.82, 2.24) is 10.3 Å². The van der Waals surface area contributed by atoms with Gasteiger partial charge >= 0.3 is 0 Å². The van der Waals surface area contributed by atoms with Crippen LogP contribution in [0.2, 0.25) is 0 Å². The van der Waals surface area contributed by atoms with Crippen LogP contribution in [0.15, 0.2) is 18.5 Å². The maximum absolute atomic E-state index is 4.18. The molecule has 0 amide bonds. The molecule has 0 aromatic carbocycles. The van der Waals surface area contributed by atoms with Crippen molar-refractivity contribution in [3.05, 3.63) is 29.6 Å². The molecule has 78 valence electrons. The first kappa shape index (κ1) is 11.2. The maximum atomic E-state index is 4.18. The molecule has 1 aromatic rings. The van der Waals surface area contributed by atoms with Crippen LogP contribution >= 0.6 is 0 Å². The summed E-state index contributed by atoms with van der Waals surface area (Å²) < 4.78 is 0. The number of rotatable bonds is 5. The van der Waals surface area contributed by atoms with Gasteiger partial charge in [-0.3, -0.25) is 4.98 Å². The fraction of sp³-hybridized carbons (Fsp3) is 0.583. The molecular formula is C12H20N2. The Hall–Kier alpha value is -0.890. The lowest BCUT2D eigenvalue weighted by Crippen LogP contribution is -2.22. The molecule has 0 radical (unpaired) electrons. The summed E-state index contributed by atoms with van der Waals surface area (Å²) in [6.45, 7) is 7.62. The topological polar surface area (TPSA) is 24.9 Å². The lowest BCUT2D eigenvalue weighted by atomic mass is 10.0. The van der Waals surface area contributed by atoms with E-state index in [1.165, 1.54) is 17.5 Å². The van der Waals surface area contributed by atoms with Crippen LogP contribution in [0.4, 0.5) is 0 Å². The van der Waals surface area contributed by atoms with Gasteiger partial charge in [-0.25, -0.2) is 0 Å². The number of hydrogen-bond donors (Lipinski definition) is 1. The van der Waals surface area contributed by atoms with Crippen LogP contribution in [0.3, 0.4) is 0 Å². The van der Waals surface area contributed by atoms with Crippen molar-refractivity contribution >= 4 is 0 Å². The van der Waals surface area contributed by atoms with Gasteiger partial charge in [0.1, 0.15) is 0 Å². The molecule has 0 aliphatic carbocycles. The normalized spacial score (nSPS) is 12.8. The second-order valence-electron chi connectivity index (χ2n) is 3.65. The molecule has 0 saturated carbocycles. The average molecular weight is 192 g/mol. The first-order valence-electron chi connectivity index (χ1n) is 5.43. The second kappa shape index (κ2) is 5.76. The van der Waals surface area contributed by atoms with Gasteiger partial charge in [-0.1, -0.05) is 13.8 Å². The smallest absolute Gasteiger partial charge is 0.0335 e. The van der Waals surface area contributed by atoms with Gasteiger partial charge in [0, 0.05) is 18.4 Å². The van der Waals surface area contributed by atoms with Gasteiger partial charge in [-0.2, -0.15) is 0 Å². The average Bonchev–Trinajstić information content (AvgIpc) is 2.21. The highest BCUT2D eigenvalue weighted by Gasteiger charge is 2.09. The van der Waals surface area contributed by atoms with E-state index in [9.17, 15) is 0 Å². The molecule has 1 heterocycles. The zero-order chi connectivity index (χ0) is 10.4. The molecule has 2 nitrogen and oxygen atoms in total. The summed E-state index contributed by atoms with van der Waals surface area (Å²) in [7, 11) is 0. The third-order valence-electron chi connectivity index (χ3n) is 2.50. The number of nitrogens with zero attached hydrogens (tertiary/aromatic N) is 1. The van der Waals surface area contributed by atoms with Crippen LogP contribution in [-0.4, -0.2) is 11.5 Å². The van der Waals surface area contributed by atoms with E-state index in [0.717, 1.165) is 13.0 Å². The zero-order valence-electron chi connectivity index (χ0n) is 9.38. The van der Waals surface area contributed by atoms with Crippen molar-refractivity contribution in [1.29, 1.82) is 0 Å². The standard InChI is InChI=1S/C12H20N2/c1-4-7-14-12(5-2)11-9-13-8-6-10(11)3/h6,8-9,12,14H,4-5,7H2,1-3H3. The van der Waals surface area contributed by atoms with E-state index in [-0.39, 0.29) is 0 Å². The van der Waals surface area contributed by atoms with E-state index >= 15 is 0 Å². The summed E-state index contributed by atoms with van der Waals surface area (Å²) in [5.74, 6) is 0. The molecule has 0 saturated heterocycles. The lowest BCUT2D eigenvalue weighted by Gasteiger charge is -2.18. The second-order valence-corrected chi connectivity index (χ2v) is 3.65. The fourth-order valence-electron chi connectivity index (χ4n) is 1.63. The first-order chi connectivity index (χ1) is 6.79. The Morgan fingerprint density at radius 2 is 2.21 bits per heavy atom. The fourth-order valence-corrected chi connectivity index (χ4v) is 1.63. The van der Waals surface area contributed by atoms with Gasteiger partial charge in [-0.05, 0) is 43.5 Å². The molecule has 0 fully saturated rings. The van der Waals surface area contributed by atoms with Crippen LogP contribution in [0.1, 0.15) is 43.9 Å². The summed E-state index contributed by atoms with van der Waals surface area (Å²) in [5, 5.41) is 3.54. The van der Waals surface area contributed by atoms with Gasteiger partial charge < -0.3 is 5.32 Å². The molecule has 0 aliphatic rings. The van der Waals surface area contributed by atoms with E-state index in [1.54, 1.807) is 0 Å². The van der Waals surface area contributed by atoms with Crippen LogP contribution in [0, 0.1) is 6.92 Å². The summed E-state index contributed by atoms with van der Waals surface area (Å²) in [5.41, 5.74) is 2.67. The number of hydrogen-bond acceptors (Lipinski definition) is 2. The molecule has 0 spiro atoms. The number of aromatic nitrogens is 1. The molecule has 1 atom stereocenters. The number of aryl methyl sites for hydroxylation is 1. The van der Waals surface area contributed by atoms with Crippen molar-refractivity contribution in [2.24, 2.45) is 0 Å². The SMILES string of the molecule is CCCNC(CC)c1cnccc1C. The molecule has 1 unspecified atom stereocenters. The van der Waals surface area contributed by atoms with Crippen molar-refractivity contribution in [2.45, 2.75) is 39.7 Å². The number of pyridine rings is 1. The van der Waals surface area contributed by atoms with Crippen LogP contribution in [0.25, 0.3) is 0 Å². The van der Waals surface area contributed by atoms with E-state index in [4.69, 9.17) is 0 Å². The highest BCUT2D eigenvalue weighted by Crippen LogP contribution is 2.18. The minimum atomic E-state index is 0.462. The highest BCUT2D eigenvalue weighted by atomic mass is 14.9. The minimum absolute atomic E-state index is 0.462. The lowest BCUT2D eigenvalue weighted by molar-refractivity contribution is 0.515. The predicted molar refractivity (Wildman–Crippen MR) is 60.3 cm³/mol. The van der Waals surface area contributed by atoms with Gasteiger partial charge in [0.25, 0.3) is 0 Å². The summed E-state index contributed by atoms with van der Waals surface area (Å²) >= 11 is 0. The Kier molecular flexibility index (Phi) is 4.60. The Morgan fingerprint density at radius 3 is 2.79 bits per heavy atom. The van der Waals surface area contributed by atoms with Crippen molar-refractivity contribution in [3.8, 4) is 0 Å². The van der Waals surface area contributed by atoms with Crippen LogP contribution < -0.4 is 5.32 Å². The Balaban J connectivity index is 2.73. The van der Waals surface area contributed by atoms with Crippen molar-refractivity contribution < 1.29 is 0 Å². The van der Waals surface area contributed by atoms with Gasteiger partial charge in [0.05, 0.1) is 0 Å². The first-order valence-corrected chi connectivity index (χ1v) is 5.43. The van der Waals surface area contributed by atoms with Gasteiger partial charge in [0.15, 0.2) is 0 Å². The van der Waals surface area contributed by atoms with Gasteiger partial charge in [-0.15, -0.1) is 0 Å². The molecular weight excluding hydrogens is 172 g/mol. The molecule has 1 N–H and O–H groups in total. The Labute approximate surface area is 86.8 Å². The highest BCUT2D eigenvalue weighted by molar-refractivity contribution is 5.24. The molecule has 0 bridgehead atoms. The minimum Gasteiger partial charge on any atom is -0.310 e. The molecule has 0 aliphatic heterocycles. The van der Waals surface area contributed by atoms with E-state index in [2.05, 4.69) is 37.1 Å².